The minimum atomic E-state index is -0.475. The summed E-state index contributed by atoms with van der Waals surface area (Å²) < 4.78 is 5.13. The average Bonchev–Trinajstić information content (AvgIpc) is 2.14. The molecular formula is C13H27NO3. The van der Waals surface area contributed by atoms with Gasteiger partial charge in [0.1, 0.15) is 5.60 Å². The Morgan fingerprint density at radius 2 is 1.88 bits per heavy atom. The lowest BCUT2D eigenvalue weighted by molar-refractivity contribution is 0.0510. The molecule has 0 heterocycles. The third-order valence-electron chi connectivity index (χ3n) is 2.34. The molecule has 1 amide bonds. The van der Waals surface area contributed by atoms with E-state index >= 15 is 0 Å². The summed E-state index contributed by atoms with van der Waals surface area (Å²) in [6.45, 7) is 10.4. The molecule has 102 valence electrons. The molecule has 0 aromatic heterocycles. The summed E-state index contributed by atoms with van der Waals surface area (Å²) in [6.07, 6.45) is 1.56. The molecule has 0 aliphatic carbocycles. The first-order valence-electron chi connectivity index (χ1n) is 6.32. The minimum Gasteiger partial charge on any atom is -0.444 e. The van der Waals surface area contributed by atoms with Gasteiger partial charge in [-0.3, -0.25) is 0 Å². The molecule has 4 nitrogen and oxygen atoms in total. The summed E-state index contributed by atoms with van der Waals surface area (Å²) in [5.74, 6) is 0.732. The predicted octanol–water partition coefficient (Wildman–Crippen LogP) is 2.56. The van der Waals surface area contributed by atoms with Crippen LogP contribution < -0.4 is 5.32 Å². The molecule has 0 aliphatic rings. The van der Waals surface area contributed by atoms with Gasteiger partial charge in [0.2, 0.25) is 0 Å². The molecular weight excluding hydrogens is 218 g/mol. The molecule has 0 saturated heterocycles. The Balaban J connectivity index is 3.86. The van der Waals surface area contributed by atoms with Crippen LogP contribution in [0.3, 0.4) is 0 Å². The van der Waals surface area contributed by atoms with Gasteiger partial charge in [0.05, 0.1) is 0 Å². The number of ether oxygens (including phenoxy) is 1. The Morgan fingerprint density at radius 3 is 2.29 bits per heavy atom. The highest BCUT2D eigenvalue weighted by Gasteiger charge is 2.17. The highest BCUT2D eigenvalue weighted by molar-refractivity contribution is 5.67. The summed E-state index contributed by atoms with van der Waals surface area (Å²) in [4.78, 5) is 11.4. The van der Waals surface area contributed by atoms with Crippen LogP contribution in [0.1, 0.15) is 47.5 Å². The van der Waals surface area contributed by atoms with E-state index in [1.54, 1.807) is 0 Å². The van der Waals surface area contributed by atoms with E-state index in [2.05, 4.69) is 19.2 Å². The fourth-order valence-corrected chi connectivity index (χ4v) is 1.37. The van der Waals surface area contributed by atoms with E-state index in [1.165, 1.54) is 0 Å². The maximum atomic E-state index is 11.4. The first-order chi connectivity index (χ1) is 7.74. The molecule has 0 fully saturated rings. The first kappa shape index (κ1) is 16.2. The Labute approximate surface area is 105 Å². The second kappa shape index (κ2) is 7.54. The topological polar surface area (TPSA) is 58.6 Å². The molecule has 0 saturated carbocycles. The molecule has 0 aromatic rings. The number of rotatable bonds is 6. The summed E-state index contributed by atoms with van der Waals surface area (Å²) >= 11 is 0. The molecule has 0 bridgehead atoms. The monoisotopic (exact) mass is 245 g/mol. The van der Waals surface area contributed by atoms with Gasteiger partial charge in [0.25, 0.3) is 0 Å². The van der Waals surface area contributed by atoms with Gasteiger partial charge in [-0.1, -0.05) is 20.3 Å². The van der Waals surface area contributed by atoms with E-state index in [0.29, 0.717) is 12.5 Å². The van der Waals surface area contributed by atoms with Gasteiger partial charge in [-0.2, -0.15) is 0 Å². The number of nitrogens with one attached hydrogen (secondary N) is 1. The maximum absolute atomic E-state index is 11.4. The fraction of sp³-hybridized carbons (Fsp3) is 0.923. The van der Waals surface area contributed by atoms with Crippen molar-refractivity contribution in [3.05, 3.63) is 0 Å². The van der Waals surface area contributed by atoms with Gasteiger partial charge >= 0.3 is 6.09 Å². The van der Waals surface area contributed by atoms with E-state index in [-0.39, 0.29) is 12.5 Å². The fourth-order valence-electron chi connectivity index (χ4n) is 1.37. The van der Waals surface area contributed by atoms with Crippen LogP contribution >= 0.6 is 0 Å². The van der Waals surface area contributed by atoms with Crippen molar-refractivity contribution in [3.8, 4) is 0 Å². The molecule has 4 heteroatoms. The van der Waals surface area contributed by atoms with Crippen molar-refractivity contribution in [3.63, 3.8) is 0 Å². The molecule has 2 N–H and O–H groups in total. The van der Waals surface area contributed by atoms with Crippen LogP contribution in [0, 0.1) is 11.8 Å². The summed E-state index contributed by atoms with van der Waals surface area (Å²) in [5, 5.41) is 11.9. The first-order valence-corrected chi connectivity index (χ1v) is 6.32. The standard InChI is InChI=1S/C13H27NO3/c1-10(2)6-7-11(9-15)8-14-12(16)17-13(3,4)5/h10-11,15H,6-9H2,1-5H3,(H,14,16). The van der Waals surface area contributed by atoms with E-state index in [0.717, 1.165) is 12.8 Å². The highest BCUT2D eigenvalue weighted by atomic mass is 16.6. The Kier molecular flexibility index (Phi) is 7.19. The lowest BCUT2D eigenvalue weighted by Crippen LogP contribution is -2.36. The number of hydrogen-bond acceptors (Lipinski definition) is 3. The lowest BCUT2D eigenvalue weighted by Gasteiger charge is -2.21. The number of aliphatic hydroxyl groups is 1. The van der Waals surface area contributed by atoms with Crippen molar-refractivity contribution in [2.75, 3.05) is 13.2 Å². The second-order valence-electron chi connectivity index (χ2n) is 5.90. The number of carbonyl (C=O) groups excluding carboxylic acids is 1. The largest absolute Gasteiger partial charge is 0.444 e. The van der Waals surface area contributed by atoms with Crippen molar-refractivity contribution in [1.29, 1.82) is 0 Å². The van der Waals surface area contributed by atoms with Crippen LogP contribution in [-0.4, -0.2) is 30.0 Å². The zero-order valence-corrected chi connectivity index (χ0v) is 11.7. The third-order valence-corrected chi connectivity index (χ3v) is 2.34. The maximum Gasteiger partial charge on any atom is 0.407 e. The molecule has 0 spiro atoms. The van der Waals surface area contributed by atoms with Crippen LogP contribution in [0.5, 0.6) is 0 Å². The van der Waals surface area contributed by atoms with Crippen molar-refractivity contribution in [1.82, 2.24) is 5.32 Å². The molecule has 1 unspecified atom stereocenters. The number of carbonyl (C=O) groups is 1. The summed E-state index contributed by atoms with van der Waals surface area (Å²) in [5.41, 5.74) is -0.475. The predicted molar refractivity (Wildman–Crippen MR) is 68.9 cm³/mol. The molecule has 0 aliphatic heterocycles. The SMILES string of the molecule is CC(C)CCC(CO)CNC(=O)OC(C)(C)C. The van der Waals surface area contributed by atoms with Crippen LogP contribution in [-0.2, 0) is 4.74 Å². The zero-order valence-electron chi connectivity index (χ0n) is 11.7. The summed E-state index contributed by atoms with van der Waals surface area (Å²) in [6, 6.07) is 0. The van der Waals surface area contributed by atoms with E-state index in [1.807, 2.05) is 20.8 Å². The smallest absolute Gasteiger partial charge is 0.407 e. The molecule has 1 atom stereocenters. The normalized spacial score (nSPS) is 13.6. The molecule has 0 rings (SSSR count). The van der Waals surface area contributed by atoms with Gasteiger partial charge in [0.15, 0.2) is 0 Å². The number of alkyl carbamates (subject to hydrolysis) is 1. The zero-order chi connectivity index (χ0) is 13.5. The van der Waals surface area contributed by atoms with Gasteiger partial charge in [-0.05, 0) is 39.0 Å². The highest BCUT2D eigenvalue weighted by Crippen LogP contribution is 2.12. The van der Waals surface area contributed by atoms with Crippen LogP contribution in [0.2, 0.25) is 0 Å². The average molecular weight is 245 g/mol. The number of aliphatic hydroxyl groups excluding tert-OH is 1. The van der Waals surface area contributed by atoms with Crippen LogP contribution in [0.25, 0.3) is 0 Å². The van der Waals surface area contributed by atoms with Gasteiger partial charge in [0, 0.05) is 13.2 Å². The molecule has 17 heavy (non-hydrogen) atoms. The van der Waals surface area contributed by atoms with E-state index < -0.39 is 11.7 Å². The number of amides is 1. The minimum absolute atomic E-state index is 0.0997. The van der Waals surface area contributed by atoms with E-state index in [4.69, 9.17) is 4.74 Å². The van der Waals surface area contributed by atoms with Crippen molar-refractivity contribution >= 4 is 6.09 Å². The van der Waals surface area contributed by atoms with Crippen molar-refractivity contribution < 1.29 is 14.6 Å². The van der Waals surface area contributed by atoms with Gasteiger partial charge < -0.3 is 15.2 Å². The van der Waals surface area contributed by atoms with Crippen molar-refractivity contribution in [2.24, 2.45) is 11.8 Å². The molecule has 0 radical (unpaired) electrons. The van der Waals surface area contributed by atoms with E-state index in [9.17, 15) is 9.90 Å². The number of hydrogen-bond donors (Lipinski definition) is 2. The quantitative estimate of drug-likeness (QED) is 0.756. The Hall–Kier alpha value is -0.770. The Morgan fingerprint density at radius 1 is 1.29 bits per heavy atom. The van der Waals surface area contributed by atoms with Crippen molar-refractivity contribution in [2.45, 2.75) is 53.1 Å². The Bertz CT molecular complexity index is 221. The lowest BCUT2D eigenvalue weighted by atomic mass is 9.98. The third kappa shape index (κ3) is 10.1. The molecule has 0 aromatic carbocycles. The van der Waals surface area contributed by atoms with Gasteiger partial charge in [-0.15, -0.1) is 0 Å². The second-order valence-corrected chi connectivity index (χ2v) is 5.90. The van der Waals surface area contributed by atoms with Gasteiger partial charge in [-0.25, -0.2) is 4.79 Å². The van der Waals surface area contributed by atoms with Crippen LogP contribution in [0.4, 0.5) is 4.79 Å². The summed E-state index contributed by atoms with van der Waals surface area (Å²) in [7, 11) is 0. The van der Waals surface area contributed by atoms with Crippen LogP contribution in [0.15, 0.2) is 0 Å².